The van der Waals surface area contributed by atoms with Crippen molar-refractivity contribution in [1.82, 2.24) is 30.0 Å². The van der Waals surface area contributed by atoms with E-state index in [9.17, 15) is 18.0 Å². The lowest BCUT2D eigenvalue weighted by atomic mass is 10.2. The molecule has 2 saturated carbocycles. The molecule has 1 N–H and O–H groups in total. The van der Waals surface area contributed by atoms with Gasteiger partial charge in [-0.1, -0.05) is 11.6 Å². The topological polar surface area (TPSA) is 136 Å². The zero-order valence-corrected chi connectivity index (χ0v) is 25.2. The van der Waals surface area contributed by atoms with E-state index in [1.807, 2.05) is 13.8 Å². The van der Waals surface area contributed by atoms with E-state index in [0.717, 1.165) is 12.8 Å². The molecule has 222 valence electrons. The summed E-state index contributed by atoms with van der Waals surface area (Å²) in [7, 11) is -3.52. The van der Waals surface area contributed by atoms with E-state index in [-0.39, 0.29) is 39.5 Å². The number of aromatic nitrogens is 4. The molecule has 0 bridgehead atoms. The van der Waals surface area contributed by atoms with Gasteiger partial charge in [0.1, 0.15) is 0 Å². The molecule has 1 aromatic carbocycles. The molecule has 0 radical (unpaired) electrons. The summed E-state index contributed by atoms with van der Waals surface area (Å²) in [6, 6.07) is 7.04. The molecule has 3 aromatic rings. The van der Waals surface area contributed by atoms with Crippen molar-refractivity contribution in [2.24, 2.45) is 0 Å². The van der Waals surface area contributed by atoms with Crippen LogP contribution < -0.4 is 5.32 Å². The number of benzene rings is 1. The fourth-order valence-corrected chi connectivity index (χ4v) is 7.27. The van der Waals surface area contributed by atoms with Gasteiger partial charge in [0.25, 0.3) is 11.8 Å². The van der Waals surface area contributed by atoms with Crippen LogP contribution in [-0.4, -0.2) is 75.4 Å². The van der Waals surface area contributed by atoms with E-state index < -0.39 is 27.0 Å². The number of halogens is 1. The van der Waals surface area contributed by atoms with Crippen LogP contribution in [0.1, 0.15) is 90.8 Å². The molecule has 3 aliphatic rings. The van der Waals surface area contributed by atoms with Crippen molar-refractivity contribution < 1.29 is 22.7 Å². The predicted molar refractivity (Wildman–Crippen MR) is 155 cm³/mol. The molecule has 0 unspecified atom stereocenters. The van der Waals surface area contributed by atoms with Crippen molar-refractivity contribution in [3.63, 3.8) is 0 Å². The highest BCUT2D eigenvalue weighted by atomic mass is 35.5. The van der Waals surface area contributed by atoms with Gasteiger partial charge in [-0.25, -0.2) is 18.4 Å². The van der Waals surface area contributed by atoms with Crippen LogP contribution in [0.4, 0.5) is 0 Å². The molecule has 3 fully saturated rings. The largest absolute Gasteiger partial charge is 0.372 e. The number of ether oxygens (including phenoxy) is 1. The van der Waals surface area contributed by atoms with Crippen molar-refractivity contribution in [2.75, 3.05) is 13.1 Å². The van der Waals surface area contributed by atoms with Gasteiger partial charge in [-0.05, 0) is 76.8 Å². The Hall–Kier alpha value is -3.35. The second-order valence-corrected chi connectivity index (χ2v) is 14.2. The number of amides is 2. The summed E-state index contributed by atoms with van der Waals surface area (Å²) in [6.07, 6.45) is 4.65. The Labute approximate surface area is 249 Å². The first-order valence-electron chi connectivity index (χ1n) is 14.2. The van der Waals surface area contributed by atoms with Gasteiger partial charge < -0.3 is 15.0 Å². The van der Waals surface area contributed by atoms with Crippen LogP contribution in [0.5, 0.6) is 0 Å². The summed E-state index contributed by atoms with van der Waals surface area (Å²) in [5, 5.41) is 7.36. The summed E-state index contributed by atoms with van der Waals surface area (Å²) in [6.45, 7) is 6.70. The molecule has 1 saturated heterocycles. The van der Waals surface area contributed by atoms with Gasteiger partial charge in [0.2, 0.25) is 0 Å². The number of carbonyl (C=O) groups is 2. The molecule has 11 nitrogen and oxygen atoms in total. The average molecular weight is 613 g/mol. The zero-order valence-electron chi connectivity index (χ0n) is 23.7. The predicted octanol–water partition coefficient (Wildman–Crippen LogP) is 3.87. The summed E-state index contributed by atoms with van der Waals surface area (Å²) >= 11 is 6.22. The molecule has 3 atom stereocenters. The van der Waals surface area contributed by atoms with Crippen LogP contribution in [0.2, 0.25) is 5.02 Å². The zero-order chi connectivity index (χ0) is 29.8. The van der Waals surface area contributed by atoms with Gasteiger partial charge in [-0.3, -0.25) is 9.59 Å². The number of sulfone groups is 1. The van der Waals surface area contributed by atoms with Crippen molar-refractivity contribution in [3.05, 3.63) is 64.3 Å². The van der Waals surface area contributed by atoms with E-state index >= 15 is 0 Å². The highest BCUT2D eigenvalue weighted by Crippen LogP contribution is 2.39. The number of rotatable bonds is 8. The van der Waals surface area contributed by atoms with Gasteiger partial charge in [-0.15, -0.1) is 5.10 Å². The van der Waals surface area contributed by atoms with Gasteiger partial charge in [0.05, 0.1) is 34.0 Å². The third-order valence-electron chi connectivity index (χ3n) is 7.67. The summed E-state index contributed by atoms with van der Waals surface area (Å²) in [4.78, 5) is 37.5. The number of hydrogen-bond acceptors (Lipinski definition) is 8. The van der Waals surface area contributed by atoms with E-state index in [1.54, 1.807) is 28.6 Å². The van der Waals surface area contributed by atoms with Crippen molar-refractivity contribution in [3.8, 4) is 5.82 Å². The van der Waals surface area contributed by atoms with Gasteiger partial charge in [0, 0.05) is 35.8 Å². The van der Waals surface area contributed by atoms with Crippen molar-refractivity contribution in [1.29, 1.82) is 0 Å². The second kappa shape index (κ2) is 11.1. The number of hydrogen-bond donors (Lipinski definition) is 1. The minimum atomic E-state index is -3.52. The molecule has 42 heavy (non-hydrogen) atoms. The Morgan fingerprint density at radius 2 is 1.76 bits per heavy atom. The molecule has 1 aliphatic heterocycles. The Balaban J connectivity index is 1.23. The normalized spacial score (nSPS) is 21.7. The minimum Gasteiger partial charge on any atom is -0.372 e. The van der Waals surface area contributed by atoms with Gasteiger partial charge in [-0.2, -0.15) is 4.68 Å². The highest BCUT2D eigenvalue weighted by molar-refractivity contribution is 7.92. The summed E-state index contributed by atoms with van der Waals surface area (Å²) < 4.78 is 32.9. The molecule has 2 amide bonds. The quantitative estimate of drug-likeness (QED) is 0.405. The molecule has 2 aliphatic carbocycles. The molecule has 2 aromatic heterocycles. The Morgan fingerprint density at radius 1 is 1.05 bits per heavy atom. The second-order valence-electron chi connectivity index (χ2n) is 11.5. The summed E-state index contributed by atoms with van der Waals surface area (Å²) in [5.74, 6) is 1.26. The van der Waals surface area contributed by atoms with Gasteiger partial charge >= 0.3 is 0 Å². The van der Waals surface area contributed by atoms with Crippen LogP contribution >= 0.6 is 11.6 Å². The fourth-order valence-electron chi connectivity index (χ4n) is 5.24. The first kappa shape index (κ1) is 28.8. The van der Waals surface area contributed by atoms with E-state index in [1.165, 1.54) is 24.4 Å². The maximum Gasteiger partial charge on any atom is 0.255 e. The number of carbonyl (C=O) groups excluding carboxylic acids is 2. The monoisotopic (exact) mass is 612 g/mol. The molecule has 13 heteroatoms. The van der Waals surface area contributed by atoms with E-state index in [4.69, 9.17) is 26.4 Å². The van der Waals surface area contributed by atoms with Gasteiger partial charge in [0.15, 0.2) is 27.3 Å². The van der Waals surface area contributed by atoms with Crippen molar-refractivity contribution >= 4 is 33.3 Å². The van der Waals surface area contributed by atoms with Crippen LogP contribution in [0, 0.1) is 0 Å². The Morgan fingerprint density at radius 3 is 2.38 bits per heavy atom. The standard InChI is InChI=1S/C29H33ClN6O5S/c1-16-14-35(15-17(2)41-16)29(38)20-6-9-25(31-13-20)36-27(33-26(34-36)19-4-5-19)18(3)32-28(37)21-10-22(30)12-24(11-21)42(39,40)23-7-8-23/h6,9-13,16-19,23H,4-5,7-8,14-15H2,1-3H3,(H,32,37)/t16-,17+,18-/m0/s1. The maximum atomic E-state index is 13.3. The third-order valence-corrected chi connectivity index (χ3v) is 10.1. The number of morpholine rings is 1. The summed E-state index contributed by atoms with van der Waals surface area (Å²) in [5.41, 5.74) is 0.609. The fraction of sp³-hybridized carbons (Fsp3) is 0.483. The Kier molecular flexibility index (Phi) is 7.57. The molecule has 3 heterocycles. The lowest BCUT2D eigenvalue weighted by Gasteiger charge is -2.35. The minimum absolute atomic E-state index is 0.0405. The number of nitrogens with zero attached hydrogens (tertiary/aromatic N) is 5. The highest BCUT2D eigenvalue weighted by Gasteiger charge is 2.37. The first-order chi connectivity index (χ1) is 20.0. The Bertz CT molecular complexity index is 1620. The smallest absolute Gasteiger partial charge is 0.255 e. The molecular weight excluding hydrogens is 580 g/mol. The number of nitrogens with one attached hydrogen (secondary N) is 1. The van der Waals surface area contributed by atoms with E-state index in [2.05, 4.69) is 10.3 Å². The van der Waals surface area contributed by atoms with E-state index in [0.29, 0.717) is 49.0 Å². The molecule has 0 spiro atoms. The maximum absolute atomic E-state index is 13.3. The third kappa shape index (κ3) is 5.93. The lowest BCUT2D eigenvalue weighted by molar-refractivity contribution is -0.0586. The lowest BCUT2D eigenvalue weighted by Crippen LogP contribution is -2.48. The molecule has 6 rings (SSSR count). The SMILES string of the molecule is C[C@@H]1CN(C(=O)c2ccc(-n3nc(C4CC4)nc3[C@H](C)NC(=O)c3cc(Cl)cc(S(=O)(=O)C4CC4)c3)nc2)C[C@H](C)O1. The average Bonchev–Trinajstić information content (AvgIpc) is 3.89. The van der Waals surface area contributed by atoms with Crippen molar-refractivity contribution in [2.45, 2.75) is 80.8 Å². The first-order valence-corrected chi connectivity index (χ1v) is 16.2. The van der Waals surface area contributed by atoms with Crippen LogP contribution in [0.3, 0.4) is 0 Å². The van der Waals surface area contributed by atoms with Crippen LogP contribution in [-0.2, 0) is 14.6 Å². The van der Waals surface area contributed by atoms with Crippen LogP contribution in [0.15, 0.2) is 41.4 Å². The van der Waals surface area contributed by atoms with Crippen LogP contribution in [0.25, 0.3) is 5.82 Å². The number of pyridine rings is 1. The molecular formula is C29H33ClN6O5S.